The van der Waals surface area contributed by atoms with Crippen LogP contribution in [0, 0.1) is 6.92 Å². The van der Waals surface area contributed by atoms with Gasteiger partial charge in [-0.15, -0.1) is 11.3 Å². The Hall–Kier alpha value is -3.39. The average molecular weight is 408 g/mol. The molecule has 0 radical (unpaired) electrons. The van der Waals surface area contributed by atoms with Gasteiger partial charge >= 0.3 is 0 Å². The van der Waals surface area contributed by atoms with E-state index >= 15 is 0 Å². The summed E-state index contributed by atoms with van der Waals surface area (Å²) < 4.78 is 12.2. The predicted octanol–water partition coefficient (Wildman–Crippen LogP) is 4.05. The number of methoxy groups -OCH3 is 1. The minimum atomic E-state index is -0.193. The van der Waals surface area contributed by atoms with Crippen molar-refractivity contribution in [3.05, 3.63) is 65.0 Å². The van der Waals surface area contributed by atoms with Gasteiger partial charge in [0.05, 0.1) is 31.3 Å². The number of thiazole rings is 1. The molecule has 7 nitrogen and oxygen atoms in total. The van der Waals surface area contributed by atoms with Gasteiger partial charge in [-0.05, 0) is 37.3 Å². The summed E-state index contributed by atoms with van der Waals surface area (Å²) in [4.78, 5) is 18.2. The molecule has 3 heterocycles. The lowest BCUT2D eigenvalue weighted by Gasteiger charge is -2.04. The van der Waals surface area contributed by atoms with Crippen LogP contribution < -0.4 is 10.1 Å². The molecule has 0 saturated heterocycles. The normalized spacial score (nSPS) is 10.9. The van der Waals surface area contributed by atoms with Crippen LogP contribution >= 0.6 is 11.3 Å². The van der Waals surface area contributed by atoms with Gasteiger partial charge in [0.25, 0.3) is 5.91 Å². The molecule has 29 heavy (non-hydrogen) atoms. The van der Waals surface area contributed by atoms with Crippen molar-refractivity contribution in [3.8, 4) is 27.8 Å². The van der Waals surface area contributed by atoms with E-state index in [0.717, 1.165) is 32.7 Å². The van der Waals surface area contributed by atoms with Crippen molar-refractivity contribution in [2.24, 2.45) is 7.05 Å². The number of rotatable bonds is 6. The van der Waals surface area contributed by atoms with Gasteiger partial charge in [-0.2, -0.15) is 5.10 Å². The first-order chi connectivity index (χ1) is 14.0. The summed E-state index contributed by atoms with van der Waals surface area (Å²) in [5.74, 6) is 1.28. The number of nitrogens with one attached hydrogen (secondary N) is 1. The fraction of sp³-hybridized carbons (Fsp3) is 0.190. The number of hydrogen-bond donors (Lipinski definition) is 1. The van der Waals surface area contributed by atoms with Gasteiger partial charge in [0.15, 0.2) is 10.8 Å². The molecule has 3 aromatic heterocycles. The predicted molar refractivity (Wildman–Crippen MR) is 111 cm³/mol. The Bertz CT molecular complexity index is 1140. The maximum Gasteiger partial charge on any atom is 0.269 e. The first kappa shape index (κ1) is 18.9. The van der Waals surface area contributed by atoms with Crippen LogP contribution in [0.4, 0.5) is 0 Å². The van der Waals surface area contributed by atoms with E-state index < -0.39 is 0 Å². The second kappa shape index (κ2) is 7.92. The zero-order chi connectivity index (χ0) is 20.4. The number of furan rings is 1. The standard InChI is InChI=1S/C21H20N4O3S/c1-13-19(29-21(23-13)18-8-5-9-28-18)12-22-20(26)17-11-16(24-25(17)2)14-6-4-7-15(10-14)27-3/h4-11H,12H2,1-3H3,(H,22,26). The summed E-state index contributed by atoms with van der Waals surface area (Å²) in [5, 5.41) is 8.23. The van der Waals surface area contributed by atoms with Crippen LogP contribution in [0.1, 0.15) is 21.1 Å². The molecule has 0 fully saturated rings. The number of benzene rings is 1. The number of ether oxygens (including phenoxy) is 1. The Labute approximate surface area is 172 Å². The lowest BCUT2D eigenvalue weighted by molar-refractivity contribution is 0.0942. The highest BCUT2D eigenvalue weighted by Gasteiger charge is 2.17. The highest BCUT2D eigenvalue weighted by molar-refractivity contribution is 7.15. The molecule has 148 valence electrons. The first-order valence-electron chi connectivity index (χ1n) is 9.02. The molecule has 0 aliphatic heterocycles. The van der Waals surface area contributed by atoms with E-state index in [4.69, 9.17) is 9.15 Å². The van der Waals surface area contributed by atoms with Crippen LogP contribution in [-0.2, 0) is 13.6 Å². The summed E-state index contributed by atoms with van der Waals surface area (Å²) in [6, 6.07) is 13.1. The Morgan fingerprint density at radius 2 is 2.14 bits per heavy atom. The number of nitrogens with zero attached hydrogens (tertiary/aromatic N) is 3. The fourth-order valence-electron chi connectivity index (χ4n) is 2.95. The van der Waals surface area contributed by atoms with E-state index in [1.807, 2.05) is 43.3 Å². The quantitative estimate of drug-likeness (QED) is 0.520. The number of aromatic nitrogens is 3. The number of carbonyl (C=O) groups excluding carboxylic acids is 1. The minimum Gasteiger partial charge on any atom is -0.497 e. The Balaban J connectivity index is 1.49. The summed E-state index contributed by atoms with van der Waals surface area (Å²) in [6.07, 6.45) is 1.62. The van der Waals surface area contributed by atoms with E-state index in [1.54, 1.807) is 31.2 Å². The Kier molecular flexibility index (Phi) is 5.18. The van der Waals surface area contributed by atoms with Crippen LogP contribution in [-0.4, -0.2) is 27.8 Å². The summed E-state index contributed by atoms with van der Waals surface area (Å²) >= 11 is 1.51. The topological polar surface area (TPSA) is 82.2 Å². The van der Waals surface area contributed by atoms with Gasteiger partial charge in [-0.25, -0.2) is 4.98 Å². The monoisotopic (exact) mass is 408 g/mol. The molecule has 0 aliphatic carbocycles. The maximum atomic E-state index is 12.7. The van der Waals surface area contributed by atoms with Crippen LogP contribution in [0.15, 0.2) is 53.1 Å². The van der Waals surface area contributed by atoms with Crippen LogP contribution in [0.25, 0.3) is 22.0 Å². The lowest BCUT2D eigenvalue weighted by atomic mass is 10.1. The van der Waals surface area contributed by atoms with E-state index in [2.05, 4.69) is 15.4 Å². The molecule has 0 aliphatic rings. The molecular formula is C21H20N4O3S. The third-order valence-electron chi connectivity index (χ3n) is 4.51. The second-order valence-electron chi connectivity index (χ2n) is 6.46. The highest BCUT2D eigenvalue weighted by atomic mass is 32.1. The molecule has 0 spiro atoms. The number of hydrogen-bond acceptors (Lipinski definition) is 6. The van der Waals surface area contributed by atoms with Crippen molar-refractivity contribution in [3.63, 3.8) is 0 Å². The van der Waals surface area contributed by atoms with Gasteiger partial charge in [-0.3, -0.25) is 9.48 Å². The highest BCUT2D eigenvalue weighted by Crippen LogP contribution is 2.28. The zero-order valence-electron chi connectivity index (χ0n) is 16.3. The SMILES string of the molecule is COc1cccc(-c2cc(C(=O)NCc3sc(-c4ccco4)nc3C)n(C)n2)c1. The molecule has 1 amide bonds. The van der Waals surface area contributed by atoms with Crippen molar-refractivity contribution in [1.29, 1.82) is 0 Å². The molecule has 0 saturated carbocycles. The number of aryl methyl sites for hydroxylation is 2. The van der Waals surface area contributed by atoms with Crippen LogP contribution in [0.5, 0.6) is 5.75 Å². The van der Waals surface area contributed by atoms with Gasteiger partial charge in [-0.1, -0.05) is 12.1 Å². The van der Waals surface area contributed by atoms with Crippen molar-refractivity contribution in [2.75, 3.05) is 7.11 Å². The molecule has 0 unspecified atom stereocenters. The van der Waals surface area contributed by atoms with Crippen LogP contribution in [0.2, 0.25) is 0 Å². The van der Waals surface area contributed by atoms with E-state index in [1.165, 1.54) is 11.3 Å². The molecule has 0 bridgehead atoms. The van der Waals surface area contributed by atoms with Gasteiger partial charge < -0.3 is 14.5 Å². The summed E-state index contributed by atoms with van der Waals surface area (Å²) in [5.41, 5.74) is 2.96. The van der Waals surface area contributed by atoms with Crippen molar-refractivity contribution in [2.45, 2.75) is 13.5 Å². The second-order valence-corrected chi connectivity index (χ2v) is 7.54. The van der Waals surface area contributed by atoms with Crippen molar-refractivity contribution in [1.82, 2.24) is 20.1 Å². The maximum absolute atomic E-state index is 12.7. The number of carbonyl (C=O) groups is 1. The molecule has 0 atom stereocenters. The molecular weight excluding hydrogens is 388 g/mol. The molecule has 1 N–H and O–H groups in total. The van der Waals surface area contributed by atoms with Gasteiger partial charge in [0.1, 0.15) is 11.4 Å². The molecule has 8 heteroatoms. The molecule has 4 aromatic rings. The van der Waals surface area contributed by atoms with Crippen molar-refractivity contribution >= 4 is 17.2 Å². The fourth-order valence-corrected chi connectivity index (χ4v) is 3.92. The largest absolute Gasteiger partial charge is 0.497 e. The van der Waals surface area contributed by atoms with E-state index in [0.29, 0.717) is 17.9 Å². The molecule has 1 aromatic carbocycles. The van der Waals surface area contributed by atoms with Crippen LogP contribution in [0.3, 0.4) is 0 Å². The number of amides is 1. The third kappa shape index (κ3) is 3.93. The molecule has 4 rings (SSSR count). The van der Waals surface area contributed by atoms with E-state index in [-0.39, 0.29) is 5.91 Å². The third-order valence-corrected chi connectivity index (χ3v) is 5.68. The van der Waals surface area contributed by atoms with Gasteiger partial charge in [0.2, 0.25) is 0 Å². The summed E-state index contributed by atoms with van der Waals surface area (Å²) in [7, 11) is 3.38. The summed E-state index contributed by atoms with van der Waals surface area (Å²) in [6.45, 7) is 2.32. The minimum absolute atomic E-state index is 0.193. The van der Waals surface area contributed by atoms with Crippen molar-refractivity contribution < 1.29 is 13.9 Å². The average Bonchev–Trinajstić information content (AvgIpc) is 3.46. The Morgan fingerprint density at radius 1 is 1.28 bits per heavy atom. The van der Waals surface area contributed by atoms with E-state index in [9.17, 15) is 4.79 Å². The lowest BCUT2D eigenvalue weighted by Crippen LogP contribution is -2.25. The smallest absolute Gasteiger partial charge is 0.269 e. The first-order valence-corrected chi connectivity index (χ1v) is 9.83. The van der Waals surface area contributed by atoms with Gasteiger partial charge in [0, 0.05) is 17.5 Å². The Morgan fingerprint density at radius 3 is 2.90 bits per heavy atom. The zero-order valence-corrected chi connectivity index (χ0v) is 17.1.